The van der Waals surface area contributed by atoms with Crippen molar-refractivity contribution >= 4 is 23.2 Å². The summed E-state index contributed by atoms with van der Waals surface area (Å²) in [7, 11) is 0. The average molecular weight is 422 g/mol. The molecule has 0 atom stereocenters. The Morgan fingerprint density at radius 1 is 1.03 bits per heavy atom. The number of amides is 1. The number of carbonyl (C=O) groups excluding carboxylic acids is 1. The maximum atomic E-state index is 12.9. The minimum atomic E-state index is -0.300. The van der Waals surface area contributed by atoms with Crippen LogP contribution in [-0.2, 0) is 0 Å². The Hall–Kier alpha value is -3.19. The van der Waals surface area contributed by atoms with Gasteiger partial charge < -0.3 is 5.32 Å². The highest BCUT2D eigenvalue weighted by atomic mass is 32.1. The fourth-order valence-corrected chi connectivity index (χ4v) is 3.13. The van der Waals surface area contributed by atoms with Crippen LogP contribution in [-0.4, -0.2) is 27.3 Å². The first-order chi connectivity index (χ1) is 14.6. The van der Waals surface area contributed by atoms with Crippen molar-refractivity contribution in [2.45, 2.75) is 33.1 Å². The maximum absolute atomic E-state index is 12.9. The van der Waals surface area contributed by atoms with Gasteiger partial charge in [0.25, 0.3) is 5.91 Å². The second-order valence-electron chi connectivity index (χ2n) is 7.08. The molecular weight excluding hydrogens is 394 g/mol. The SMILES string of the molecule is CCCCCNC(=S)NNC(=O)c1cn(-c2ccccc2)nc1-c1ccc(C)cc1. The van der Waals surface area contributed by atoms with Crippen molar-refractivity contribution in [1.29, 1.82) is 0 Å². The van der Waals surface area contributed by atoms with E-state index in [2.05, 4.69) is 28.2 Å². The molecule has 0 bridgehead atoms. The molecule has 0 fully saturated rings. The van der Waals surface area contributed by atoms with Crippen LogP contribution in [0.15, 0.2) is 60.8 Å². The highest BCUT2D eigenvalue weighted by Gasteiger charge is 2.19. The van der Waals surface area contributed by atoms with Gasteiger partial charge in [0.2, 0.25) is 0 Å². The van der Waals surface area contributed by atoms with Gasteiger partial charge in [-0.15, -0.1) is 0 Å². The molecule has 3 N–H and O–H groups in total. The number of hydrazine groups is 1. The van der Waals surface area contributed by atoms with Gasteiger partial charge in [0.1, 0.15) is 5.69 Å². The minimum absolute atomic E-state index is 0.300. The van der Waals surface area contributed by atoms with E-state index in [1.54, 1.807) is 10.9 Å². The number of aromatic nitrogens is 2. The number of unbranched alkanes of at least 4 members (excludes halogenated alkanes) is 2. The lowest BCUT2D eigenvalue weighted by molar-refractivity contribution is 0.0944. The minimum Gasteiger partial charge on any atom is -0.361 e. The number of nitrogens with zero attached hydrogens (tertiary/aromatic N) is 2. The first-order valence-corrected chi connectivity index (χ1v) is 10.6. The largest absolute Gasteiger partial charge is 0.361 e. The van der Waals surface area contributed by atoms with Crippen LogP contribution in [0.1, 0.15) is 42.1 Å². The lowest BCUT2D eigenvalue weighted by Crippen LogP contribution is -2.47. The van der Waals surface area contributed by atoms with Gasteiger partial charge in [-0.2, -0.15) is 5.10 Å². The zero-order chi connectivity index (χ0) is 21.3. The van der Waals surface area contributed by atoms with Crippen molar-refractivity contribution in [1.82, 2.24) is 25.9 Å². The number of para-hydroxylation sites is 1. The molecule has 1 aromatic heterocycles. The van der Waals surface area contributed by atoms with Crippen LogP contribution < -0.4 is 16.2 Å². The number of rotatable bonds is 7. The van der Waals surface area contributed by atoms with Gasteiger partial charge in [-0.1, -0.05) is 67.8 Å². The topological polar surface area (TPSA) is 71.0 Å². The Balaban J connectivity index is 1.78. The molecule has 7 heteroatoms. The Morgan fingerprint density at radius 3 is 2.47 bits per heavy atom. The van der Waals surface area contributed by atoms with Crippen LogP contribution in [0.3, 0.4) is 0 Å². The van der Waals surface area contributed by atoms with Gasteiger partial charge in [-0.05, 0) is 37.7 Å². The van der Waals surface area contributed by atoms with Gasteiger partial charge in [0.15, 0.2) is 5.11 Å². The number of aryl methyl sites for hydroxylation is 1. The van der Waals surface area contributed by atoms with E-state index in [0.29, 0.717) is 16.4 Å². The van der Waals surface area contributed by atoms with Crippen LogP contribution >= 0.6 is 12.2 Å². The molecule has 0 aliphatic heterocycles. The molecule has 0 radical (unpaired) electrons. The predicted molar refractivity (Wildman–Crippen MR) is 124 cm³/mol. The summed E-state index contributed by atoms with van der Waals surface area (Å²) in [6, 6.07) is 17.7. The van der Waals surface area contributed by atoms with Gasteiger partial charge in [0.05, 0.1) is 11.3 Å². The van der Waals surface area contributed by atoms with E-state index in [0.717, 1.165) is 42.6 Å². The van der Waals surface area contributed by atoms with Crippen molar-refractivity contribution in [3.8, 4) is 16.9 Å². The fraction of sp³-hybridized carbons (Fsp3) is 0.261. The molecule has 0 saturated carbocycles. The molecule has 2 aromatic carbocycles. The lowest BCUT2D eigenvalue weighted by atomic mass is 10.1. The lowest BCUT2D eigenvalue weighted by Gasteiger charge is -2.11. The number of thiocarbonyl (C=S) groups is 1. The molecule has 0 spiro atoms. The Kier molecular flexibility index (Phi) is 7.57. The van der Waals surface area contributed by atoms with Gasteiger partial charge in [-0.3, -0.25) is 15.6 Å². The first kappa shape index (κ1) is 21.5. The molecule has 0 aliphatic rings. The van der Waals surface area contributed by atoms with Crippen LogP contribution in [0.4, 0.5) is 0 Å². The van der Waals surface area contributed by atoms with Crippen LogP contribution in [0.2, 0.25) is 0 Å². The standard InChI is InChI=1S/C23H27N5OS/c1-3-4-8-15-24-23(30)26-25-22(29)20-16-28(19-9-6-5-7-10-19)27-21(20)18-13-11-17(2)12-14-18/h5-7,9-14,16H,3-4,8,15H2,1-2H3,(H,25,29)(H2,24,26,30). The molecule has 3 rings (SSSR count). The van der Waals surface area contributed by atoms with E-state index in [4.69, 9.17) is 12.2 Å². The van der Waals surface area contributed by atoms with E-state index >= 15 is 0 Å². The third-order valence-corrected chi connectivity index (χ3v) is 4.91. The van der Waals surface area contributed by atoms with Crippen molar-refractivity contribution < 1.29 is 4.79 Å². The van der Waals surface area contributed by atoms with E-state index < -0.39 is 0 Å². The van der Waals surface area contributed by atoms with Crippen LogP contribution in [0, 0.1) is 6.92 Å². The van der Waals surface area contributed by atoms with E-state index in [-0.39, 0.29) is 5.91 Å². The molecule has 1 amide bonds. The molecule has 1 heterocycles. The molecular formula is C23H27N5OS. The molecule has 6 nitrogen and oxygen atoms in total. The second kappa shape index (κ2) is 10.5. The summed E-state index contributed by atoms with van der Waals surface area (Å²) in [5, 5.41) is 8.17. The smallest absolute Gasteiger partial charge is 0.273 e. The summed E-state index contributed by atoms with van der Waals surface area (Å²) in [6.45, 7) is 4.95. The number of carbonyl (C=O) groups is 1. The highest BCUT2D eigenvalue weighted by molar-refractivity contribution is 7.80. The van der Waals surface area contributed by atoms with Crippen molar-refractivity contribution in [3.05, 3.63) is 71.9 Å². The van der Waals surface area contributed by atoms with E-state index in [1.807, 2.05) is 61.5 Å². The summed E-state index contributed by atoms with van der Waals surface area (Å²) in [5.74, 6) is -0.300. The Bertz CT molecular complexity index is 983. The van der Waals surface area contributed by atoms with Gasteiger partial charge >= 0.3 is 0 Å². The van der Waals surface area contributed by atoms with E-state index in [1.165, 1.54) is 0 Å². The molecule has 0 aliphatic carbocycles. The third-order valence-electron chi connectivity index (χ3n) is 4.66. The zero-order valence-electron chi connectivity index (χ0n) is 17.3. The first-order valence-electron chi connectivity index (χ1n) is 10.1. The second-order valence-corrected chi connectivity index (χ2v) is 7.49. The summed E-state index contributed by atoms with van der Waals surface area (Å²) >= 11 is 5.24. The summed E-state index contributed by atoms with van der Waals surface area (Å²) in [4.78, 5) is 12.9. The molecule has 30 heavy (non-hydrogen) atoms. The maximum Gasteiger partial charge on any atom is 0.273 e. The number of hydrogen-bond acceptors (Lipinski definition) is 3. The summed E-state index contributed by atoms with van der Waals surface area (Å²) < 4.78 is 1.71. The fourth-order valence-electron chi connectivity index (χ4n) is 2.98. The van der Waals surface area contributed by atoms with Crippen molar-refractivity contribution in [3.63, 3.8) is 0 Å². The molecule has 156 valence electrons. The summed E-state index contributed by atoms with van der Waals surface area (Å²) in [6.07, 6.45) is 5.05. The zero-order valence-corrected chi connectivity index (χ0v) is 18.1. The number of nitrogens with one attached hydrogen (secondary N) is 3. The normalized spacial score (nSPS) is 10.5. The van der Waals surface area contributed by atoms with Gasteiger partial charge in [-0.25, -0.2) is 4.68 Å². The highest BCUT2D eigenvalue weighted by Crippen LogP contribution is 2.24. The van der Waals surface area contributed by atoms with E-state index in [9.17, 15) is 4.79 Å². The number of hydrogen-bond donors (Lipinski definition) is 3. The molecule has 0 unspecified atom stereocenters. The van der Waals surface area contributed by atoms with Crippen molar-refractivity contribution in [2.75, 3.05) is 6.54 Å². The molecule has 3 aromatic rings. The third kappa shape index (κ3) is 5.67. The predicted octanol–water partition coefficient (Wildman–Crippen LogP) is 4.15. The Labute approximate surface area is 182 Å². The molecule has 0 saturated heterocycles. The van der Waals surface area contributed by atoms with Crippen LogP contribution in [0.25, 0.3) is 16.9 Å². The van der Waals surface area contributed by atoms with Crippen molar-refractivity contribution in [2.24, 2.45) is 0 Å². The summed E-state index contributed by atoms with van der Waals surface area (Å²) in [5.41, 5.74) is 9.43. The monoisotopic (exact) mass is 421 g/mol. The quantitative estimate of drug-likeness (QED) is 0.304. The average Bonchev–Trinajstić information content (AvgIpc) is 3.22. The Morgan fingerprint density at radius 2 is 1.77 bits per heavy atom. The van der Waals surface area contributed by atoms with Crippen LogP contribution in [0.5, 0.6) is 0 Å². The number of benzene rings is 2. The van der Waals surface area contributed by atoms with Gasteiger partial charge in [0, 0.05) is 18.3 Å².